The molecule has 1 heterocycles. The zero-order valence-electron chi connectivity index (χ0n) is 13.8. The Morgan fingerprint density at radius 2 is 1.76 bits per heavy atom. The summed E-state index contributed by atoms with van der Waals surface area (Å²) in [6.07, 6.45) is 0. The molecule has 25 heavy (non-hydrogen) atoms. The molecule has 0 N–H and O–H groups in total. The first-order valence-electron chi connectivity index (χ1n) is 7.80. The molecule has 0 amide bonds. The first-order chi connectivity index (χ1) is 12.1. The summed E-state index contributed by atoms with van der Waals surface area (Å²) in [5.74, 6) is 0.714. The van der Waals surface area contributed by atoms with Crippen molar-refractivity contribution in [1.29, 1.82) is 0 Å². The van der Waals surface area contributed by atoms with Gasteiger partial charge in [0.15, 0.2) is 0 Å². The Morgan fingerprint density at radius 1 is 0.960 bits per heavy atom. The van der Waals surface area contributed by atoms with E-state index in [0.717, 1.165) is 10.4 Å². The van der Waals surface area contributed by atoms with E-state index in [4.69, 9.17) is 4.74 Å². The molecular formula is C19H19NO3S2. The Kier molecular flexibility index (Phi) is 5.53. The van der Waals surface area contributed by atoms with Crippen LogP contribution in [0.3, 0.4) is 0 Å². The summed E-state index contributed by atoms with van der Waals surface area (Å²) in [7, 11) is -2.00. The van der Waals surface area contributed by atoms with E-state index in [0.29, 0.717) is 17.2 Å². The quantitative estimate of drug-likeness (QED) is 0.625. The Morgan fingerprint density at radius 3 is 2.44 bits per heavy atom. The van der Waals surface area contributed by atoms with Crippen molar-refractivity contribution in [3.63, 3.8) is 0 Å². The average Bonchev–Trinajstić information content (AvgIpc) is 3.15. The minimum Gasteiger partial charge on any atom is -0.497 e. The zero-order chi connectivity index (χ0) is 17.7. The van der Waals surface area contributed by atoms with Crippen molar-refractivity contribution in [2.24, 2.45) is 0 Å². The number of hydrogen-bond donors (Lipinski definition) is 0. The molecule has 0 fully saturated rings. The lowest BCUT2D eigenvalue weighted by atomic mass is 10.2. The number of thiophene rings is 1. The van der Waals surface area contributed by atoms with Gasteiger partial charge in [-0.25, -0.2) is 8.42 Å². The molecule has 0 saturated carbocycles. The van der Waals surface area contributed by atoms with Gasteiger partial charge in [0.05, 0.1) is 12.0 Å². The van der Waals surface area contributed by atoms with Gasteiger partial charge in [0, 0.05) is 18.0 Å². The van der Waals surface area contributed by atoms with Crippen LogP contribution < -0.4 is 4.74 Å². The van der Waals surface area contributed by atoms with E-state index >= 15 is 0 Å². The normalized spacial score (nSPS) is 11.6. The van der Waals surface area contributed by atoms with Crippen LogP contribution in [0.1, 0.15) is 10.4 Å². The second kappa shape index (κ2) is 7.82. The summed E-state index contributed by atoms with van der Waals surface area (Å²) in [5.41, 5.74) is 0.885. The van der Waals surface area contributed by atoms with E-state index in [9.17, 15) is 8.42 Å². The van der Waals surface area contributed by atoms with Gasteiger partial charge in [-0.1, -0.05) is 36.4 Å². The standard InChI is InChI=1S/C19H19NO3S2/c1-23-17-8-5-7-16(13-17)14-20(15-18-9-6-12-24-18)25(21,22)19-10-3-2-4-11-19/h2-13H,14-15H2,1H3. The lowest BCUT2D eigenvalue weighted by Gasteiger charge is -2.22. The van der Waals surface area contributed by atoms with E-state index in [-0.39, 0.29) is 6.54 Å². The molecule has 130 valence electrons. The molecule has 0 spiro atoms. The molecule has 1 aromatic heterocycles. The van der Waals surface area contributed by atoms with Crippen molar-refractivity contribution >= 4 is 21.4 Å². The van der Waals surface area contributed by atoms with Crippen LogP contribution in [0.5, 0.6) is 5.75 Å². The highest BCUT2D eigenvalue weighted by atomic mass is 32.2. The van der Waals surface area contributed by atoms with Gasteiger partial charge in [0.2, 0.25) is 10.0 Å². The fourth-order valence-corrected chi connectivity index (χ4v) is 4.75. The number of rotatable bonds is 7. The van der Waals surface area contributed by atoms with Crippen LogP contribution in [0.25, 0.3) is 0 Å². The third-order valence-electron chi connectivity index (χ3n) is 3.79. The summed E-state index contributed by atoms with van der Waals surface area (Å²) in [6, 6.07) is 19.9. The van der Waals surface area contributed by atoms with E-state index in [1.807, 2.05) is 47.8 Å². The van der Waals surface area contributed by atoms with Gasteiger partial charge in [-0.2, -0.15) is 4.31 Å². The van der Waals surface area contributed by atoms with Crippen LogP contribution in [-0.2, 0) is 23.1 Å². The van der Waals surface area contributed by atoms with Crippen molar-refractivity contribution in [1.82, 2.24) is 4.31 Å². The minimum atomic E-state index is -3.60. The second-order valence-electron chi connectivity index (χ2n) is 5.52. The summed E-state index contributed by atoms with van der Waals surface area (Å²) in [4.78, 5) is 1.30. The molecule has 0 bridgehead atoms. The largest absolute Gasteiger partial charge is 0.497 e. The smallest absolute Gasteiger partial charge is 0.243 e. The van der Waals surface area contributed by atoms with Crippen LogP contribution in [-0.4, -0.2) is 19.8 Å². The third-order valence-corrected chi connectivity index (χ3v) is 6.45. The van der Waals surface area contributed by atoms with E-state index < -0.39 is 10.0 Å². The predicted octanol–water partition coefficient (Wildman–Crippen LogP) is 4.15. The van der Waals surface area contributed by atoms with Crippen LogP contribution in [0.15, 0.2) is 77.0 Å². The van der Waals surface area contributed by atoms with Gasteiger partial charge in [-0.3, -0.25) is 0 Å². The SMILES string of the molecule is COc1cccc(CN(Cc2cccs2)S(=O)(=O)c2ccccc2)c1. The lowest BCUT2D eigenvalue weighted by molar-refractivity contribution is 0.397. The zero-order valence-corrected chi connectivity index (χ0v) is 15.5. The molecule has 0 unspecified atom stereocenters. The van der Waals surface area contributed by atoms with Crippen molar-refractivity contribution in [3.05, 3.63) is 82.6 Å². The van der Waals surface area contributed by atoms with Crippen LogP contribution in [0, 0.1) is 0 Å². The van der Waals surface area contributed by atoms with E-state index in [2.05, 4.69) is 0 Å². The maximum absolute atomic E-state index is 13.1. The van der Waals surface area contributed by atoms with Gasteiger partial charge in [-0.15, -0.1) is 11.3 Å². The first-order valence-corrected chi connectivity index (χ1v) is 10.1. The average molecular weight is 373 g/mol. The molecular weight excluding hydrogens is 354 g/mol. The Balaban J connectivity index is 1.94. The first kappa shape index (κ1) is 17.7. The maximum Gasteiger partial charge on any atom is 0.243 e. The number of benzene rings is 2. The third kappa shape index (κ3) is 4.28. The molecule has 3 aromatic rings. The van der Waals surface area contributed by atoms with Crippen LogP contribution in [0.2, 0.25) is 0 Å². The molecule has 6 heteroatoms. The minimum absolute atomic E-state index is 0.284. The monoisotopic (exact) mass is 373 g/mol. The van der Waals surface area contributed by atoms with Crippen LogP contribution in [0.4, 0.5) is 0 Å². The molecule has 4 nitrogen and oxygen atoms in total. The molecule has 0 atom stereocenters. The summed E-state index contributed by atoms with van der Waals surface area (Å²) in [6.45, 7) is 0.623. The number of methoxy groups -OCH3 is 1. The number of hydrogen-bond acceptors (Lipinski definition) is 4. The lowest BCUT2D eigenvalue weighted by Crippen LogP contribution is -2.30. The Bertz CT molecular complexity index is 907. The summed E-state index contributed by atoms with van der Waals surface area (Å²) >= 11 is 1.55. The second-order valence-corrected chi connectivity index (χ2v) is 8.49. The summed E-state index contributed by atoms with van der Waals surface area (Å²) in [5, 5.41) is 1.95. The van der Waals surface area contributed by atoms with Crippen molar-refractivity contribution in [3.8, 4) is 5.75 Å². The molecule has 0 aliphatic heterocycles. The fraction of sp³-hybridized carbons (Fsp3) is 0.158. The predicted molar refractivity (Wildman–Crippen MR) is 100 cm³/mol. The van der Waals surface area contributed by atoms with Gasteiger partial charge < -0.3 is 4.74 Å². The van der Waals surface area contributed by atoms with Crippen molar-refractivity contribution in [2.75, 3.05) is 7.11 Å². The fourth-order valence-electron chi connectivity index (χ4n) is 2.52. The molecule has 0 aliphatic carbocycles. The van der Waals surface area contributed by atoms with Crippen molar-refractivity contribution in [2.45, 2.75) is 18.0 Å². The number of sulfonamides is 1. The Labute approximate surface area is 152 Å². The maximum atomic E-state index is 13.1. The molecule has 0 saturated heterocycles. The van der Waals surface area contributed by atoms with Crippen LogP contribution >= 0.6 is 11.3 Å². The Hall–Kier alpha value is -2.15. The van der Waals surface area contributed by atoms with E-state index in [1.54, 1.807) is 42.7 Å². The molecule has 0 aliphatic rings. The van der Waals surface area contributed by atoms with E-state index in [1.165, 1.54) is 4.31 Å². The highest BCUT2D eigenvalue weighted by Gasteiger charge is 2.25. The number of ether oxygens (including phenoxy) is 1. The summed E-state index contributed by atoms with van der Waals surface area (Å²) < 4.78 is 33.0. The van der Waals surface area contributed by atoms with Crippen molar-refractivity contribution < 1.29 is 13.2 Å². The molecule has 3 rings (SSSR count). The van der Waals surface area contributed by atoms with Gasteiger partial charge in [0.25, 0.3) is 0 Å². The topological polar surface area (TPSA) is 46.6 Å². The highest BCUT2D eigenvalue weighted by Crippen LogP contribution is 2.24. The molecule has 2 aromatic carbocycles. The van der Waals surface area contributed by atoms with Gasteiger partial charge >= 0.3 is 0 Å². The number of nitrogens with zero attached hydrogens (tertiary/aromatic N) is 1. The highest BCUT2D eigenvalue weighted by molar-refractivity contribution is 7.89. The van der Waals surface area contributed by atoms with Gasteiger partial charge in [0.1, 0.15) is 5.75 Å². The molecule has 0 radical (unpaired) electrons. The van der Waals surface area contributed by atoms with Gasteiger partial charge in [-0.05, 0) is 41.3 Å².